The van der Waals surface area contributed by atoms with Gasteiger partial charge in [0.25, 0.3) is 0 Å². The van der Waals surface area contributed by atoms with Crippen molar-refractivity contribution in [1.82, 2.24) is 10.1 Å². The molecule has 1 aliphatic rings. The third-order valence-corrected chi connectivity index (χ3v) is 6.09. The van der Waals surface area contributed by atoms with Crippen molar-refractivity contribution in [2.75, 3.05) is 0 Å². The highest BCUT2D eigenvalue weighted by molar-refractivity contribution is 5.73. The molecule has 1 saturated heterocycles. The first-order chi connectivity index (χ1) is 15.6. The zero-order valence-electron chi connectivity index (χ0n) is 18.1. The molecule has 160 valence electrons. The van der Waals surface area contributed by atoms with Crippen LogP contribution in [0.1, 0.15) is 29.8 Å². The second kappa shape index (κ2) is 8.35. The Morgan fingerprint density at radius 2 is 1.44 bits per heavy atom. The third kappa shape index (κ3) is 3.66. The highest BCUT2D eigenvalue weighted by Crippen LogP contribution is 2.36. The second-order valence-electron chi connectivity index (χ2n) is 8.10. The summed E-state index contributed by atoms with van der Waals surface area (Å²) in [5, 5.41) is 4.19. The molecule has 1 aromatic heterocycles. The summed E-state index contributed by atoms with van der Waals surface area (Å²) in [5.41, 5.74) is 5.89. The highest BCUT2D eigenvalue weighted by atomic mass is 16.6. The number of ether oxygens (including phenoxy) is 1. The lowest BCUT2D eigenvalue weighted by atomic mass is 10.0. The molecule has 2 atom stereocenters. The molecule has 2 heterocycles. The lowest BCUT2D eigenvalue weighted by Crippen LogP contribution is -2.31. The number of rotatable bonds is 5. The van der Waals surface area contributed by atoms with Crippen LogP contribution in [-0.2, 0) is 11.3 Å². The SMILES string of the molecule is Cc1noc(-c2ccc(-c3ccccc3)cc2)c1CN1C(=O)OC(c2ccccc2)C1C. The van der Waals surface area contributed by atoms with Gasteiger partial charge in [-0.25, -0.2) is 4.79 Å². The van der Waals surface area contributed by atoms with Crippen LogP contribution in [0, 0.1) is 6.92 Å². The summed E-state index contributed by atoms with van der Waals surface area (Å²) in [4.78, 5) is 14.5. The zero-order chi connectivity index (χ0) is 22.1. The molecule has 5 nitrogen and oxygen atoms in total. The summed E-state index contributed by atoms with van der Waals surface area (Å²) in [7, 11) is 0. The van der Waals surface area contributed by atoms with E-state index in [0.29, 0.717) is 12.3 Å². The second-order valence-corrected chi connectivity index (χ2v) is 8.10. The Kier molecular flexibility index (Phi) is 5.23. The van der Waals surface area contributed by atoms with Gasteiger partial charge in [-0.15, -0.1) is 0 Å². The van der Waals surface area contributed by atoms with E-state index in [1.54, 1.807) is 4.90 Å². The molecule has 0 N–H and O–H groups in total. The van der Waals surface area contributed by atoms with Crippen molar-refractivity contribution in [3.8, 4) is 22.5 Å². The van der Waals surface area contributed by atoms with Crippen molar-refractivity contribution in [3.63, 3.8) is 0 Å². The number of aromatic nitrogens is 1. The molecule has 0 aliphatic carbocycles. The fourth-order valence-electron chi connectivity index (χ4n) is 4.22. The first-order valence-corrected chi connectivity index (χ1v) is 10.7. The van der Waals surface area contributed by atoms with Crippen LogP contribution in [0.15, 0.2) is 89.5 Å². The first-order valence-electron chi connectivity index (χ1n) is 10.7. The van der Waals surface area contributed by atoms with Crippen molar-refractivity contribution >= 4 is 6.09 Å². The van der Waals surface area contributed by atoms with Crippen molar-refractivity contribution in [3.05, 3.63) is 102 Å². The monoisotopic (exact) mass is 424 g/mol. The molecule has 3 aromatic carbocycles. The maximum atomic E-state index is 12.7. The van der Waals surface area contributed by atoms with E-state index < -0.39 is 0 Å². The number of carbonyl (C=O) groups excluding carboxylic acids is 1. The van der Waals surface area contributed by atoms with Gasteiger partial charge in [0, 0.05) is 11.1 Å². The molecule has 0 radical (unpaired) electrons. The summed E-state index contributed by atoms with van der Waals surface area (Å²) in [5.74, 6) is 0.685. The summed E-state index contributed by atoms with van der Waals surface area (Å²) >= 11 is 0. The Morgan fingerprint density at radius 3 is 2.12 bits per heavy atom. The van der Waals surface area contributed by atoms with E-state index >= 15 is 0 Å². The van der Waals surface area contributed by atoms with Gasteiger partial charge in [0.15, 0.2) is 5.76 Å². The number of hydrogen-bond donors (Lipinski definition) is 0. The van der Waals surface area contributed by atoms with Crippen LogP contribution in [0.4, 0.5) is 4.79 Å². The fourth-order valence-corrected chi connectivity index (χ4v) is 4.22. The molecule has 0 spiro atoms. The molecule has 1 aliphatic heterocycles. The van der Waals surface area contributed by atoms with E-state index in [4.69, 9.17) is 9.26 Å². The average Bonchev–Trinajstić information content (AvgIpc) is 3.35. The van der Waals surface area contributed by atoms with E-state index in [9.17, 15) is 4.79 Å². The Morgan fingerprint density at radius 1 is 0.844 bits per heavy atom. The molecule has 5 heteroatoms. The molecular weight excluding hydrogens is 400 g/mol. The van der Waals surface area contributed by atoms with Gasteiger partial charge in [0.1, 0.15) is 6.10 Å². The number of benzene rings is 3. The van der Waals surface area contributed by atoms with Crippen LogP contribution in [-0.4, -0.2) is 22.2 Å². The van der Waals surface area contributed by atoms with Crippen molar-refractivity contribution < 1.29 is 14.1 Å². The topological polar surface area (TPSA) is 55.6 Å². The Hall–Kier alpha value is -3.86. The van der Waals surface area contributed by atoms with E-state index in [2.05, 4.69) is 29.4 Å². The summed E-state index contributed by atoms with van der Waals surface area (Å²) in [6.45, 7) is 4.30. The van der Waals surface area contributed by atoms with Gasteiger partial charge in [-0.05, 0) is 30.5 Å². The average molecular weight is 425 g/mol. The molecule has 4 aromatic rings. The molecule has 0 bridgehead atoms. The minimum absolute atomic E-state index is 0.104. The quantitative estimate of drug-likeness (QED) is 0.372. The van der Waals surface area contributed by atoms with Gasteiger partial charge >= 0.3 is 6.09 Å². The standard InChI is InChI=1S/C27H24N2O3/c1-18-24(17-29-19(2)25(31-27(29)30)22-11-7-4-8-12-22)26(32-28-18)23-15-13-21(14-16-23)20-9-5-3-6-10-20/h3-16,19,25H,17H2,1-2H3. The molecule has 2 unspecified atom stereocenters. The van der Waals surface area contributed by atoms with E-state index in [1.165, 1.54) is 0 Å². The minimum Gasteiger partial charge on any atom is -0.439 e. The van der Waals surface area contributed by atoms with E-state index in [1.807, 2.05) is 74.5 Å². The summed E-state index contributed by atoms with van der Waals surface area (Å²) < 4.78 is 11.4. The lowest BCUT2D eigenvalue weighted by Gasteiger charge is -2.21. The Labute approximate surface area is 187 Å². The smallest absolute Gasteiger partial charge is 0.411 e. The highest BCUT2D eigenvalue weighted by Gasteiger charge is 2.40. The number of cyclic esters (lactones) is 1. The van der Waals surface area contributed by atoms with Gasteiger partial charge in [-0.1, -0.05) is 90.1 Å². The zero-order valence-corrected chi connectivity index (χ0v) is 18.1. The van der Waals surface area contributed by atoms with Crippen LogP contribution in [0.25, 0.3) is 22.5 Å². The summed E-state index contributed by atoms with van der Waals surface area (Å²) in [6.07, 6.45) is -0.616. The molecule has 0 saturated carbocycles. The van der Waals surface area contributed by atoms with Crippen LogP contribution < -0.4 is 0 Å². The van der Waals surface area contributed by atoms with Gasteiger partial charge in [-0.3, -0.25) is 4.90 Å². The third-order valence-electron chi connectivity index (χ3n) is 6.09. The molecular formula is C27H24N2O3. The predicted molar refractivity (Wildman–Crippen MR) is 123 cm³/mol. The van der Waals surface area contributed by atoms with Crippen LogP contribution >= 0.6 is 0 Å². The number of hydrogen-bond acceptors (Lipinski definition) is 4. The molecule has 32 heavy (non-hydrogen) atoms. The lowest BCUT2D eigenvalue weighted by molar-refractivity contribution is 0.130. The maximum absolute atomic E-state index is 12.7. The van der Waals surface area contributed by atoms with Crippen molar-refractivity contribution in [2.24, 2.45) is 0 Å². The van der Waals surface area contributed by atoms with Gasteiger partial charge in [0.05, 0.1) is 18.3 Å². The number of carbonyl (C=O) groups is 1. The number of aryl methyl sites for hydroxylation is 1. The first kappa shape index (κ1) is 20.1. The Balaban J connectivity index is 1.40. The fraction of sp³-hybridized carbons (Fsp3) is 0.185. The van der Waals surface area contributed by atoms with Crippen LogP contribution in [0.5, 0.6) is 0 Å². The Bertz CT molecular complexity index is 1220. The van der Waals surface area contributed by atoms with Gasteiger partial charge in [-0.2, -0.15) is 0 Å². The van der Waals surface area contributed by atoms with Crippen molar-refractivity contribution in [1.29, 1.82) is 0 Å². The normalized spacial score (nSPS) is 18.1. The number of amides is 1. The molecule has 1 fully saturated rings. The minimum atomic E-state index is -0.322. The number of nitrogens with zero attached hydrogens (tertiary/aromatic N) is 2. The molecule has 5 rings (SSSR count). The van der Waals surface area contributed by atoms with Gasteiger partial charge < -0.3 is 9.26 Å². The van der Waals surface area contributed by atoms with Crippen LogP contribution in [0.3, 0.4) is 0 Å². The van der Waals surface area contributed by atoms with E-state index in [0.717, 1.165) is 33.5 Å². The van der Waals surface area contributed by atoms with E-state index in [-0.39, 0.29) is 18.2 Å². The summed E-state index contributed by atoms with van der Waals surface area (Å²) in [6, 6.07) is 28.2. The van der Waals surface area contributed by atoms with Gasteiger partial charge in [0.2, 0.25) is 0 Å². The van der Waals surface area contributed by atoms with Crippen molar-refractivity contribution in [2.45, 2.75) is 32.5 Å². The predicted octanol–water partition coefficient (Wildman–Crippen LogP) is 6.40. The largest absolute Gasteiger partial charge is 0.439 e. The van der Waals surface area contributed by atoms with Crippen LogP contribution in [0.2, 0.25) is 0 Å². The maximum Gasteiger partial charge on any atom is 0.411 e. The molecule has 1 amide bonds.